The summed E-state index contributed by atoms with van der Waals surface area (Å²) in [7, 11) is 0. The molecule has 0 spiro atoms. The van der Waals surface area contributed by atoms with Gasteiger partial charge >= 0.3 is 5.97 Å². The van der Waals surface area contributed by atoms with Crippen LogP contribution in [0.15, 0.2) is 90.0 Å². The fraction of sp³-hybridized carbons (Fsp3) is 0.0741. The van der Waals surface area contributed by atoms with Gasteiger partial charge in [-0.3, -0.25) is 19.0 Å². The van der Waals surface area contributed by atoms with Gasteiger partial charge in [-0.1, -0.05) is 60.7 Å². The van der Waals surface area contributed by atoms with E-state index in [-0.39, 0.29) is 34.5 Å². The molecule has 5 aromatic rings. The summed E-state index contributed by atoms with van der Waals surface area (Å²) in [6, 6.07) is 21.5. The quantitative estimate of drug-likeness (QED) is 0.315. The number of carbonyl (C=O) groups excluding carboxylic acids is 1. The molecule has 5 rings (SSSR count). The summed E-state index contributed by atoms with van der Waals surface area (Å²) in [6.45, 7) is -0.491. The molecule has 0 saturated carbocycles. The SMILES string of the molecule is O=C(O)CNC(=O)c1nc(-n2cccn2)c2c(cc(-c3ccccc3)c(=O)n2Cc2ccccc2)c1O. The maximum absolute atomic E-state index is 13.9. The van der Waals surface area contributed by atoms with E-state index < -0.39 is 24.2 Å². The van der Waals surface area contributed by atoms with Crippen LogP contribution in [0, 0.1) is 0 Å². The van der Waals surface area contributed by atoms with Crippen molar-refractivity contribution in [1.29, 1.82) is 0 Å². The molecule has 3 aromatic heterocycles. The molecule has 10 heteroatoms. The number of pyridine rings is 2. The van der Waals surface area contributed by atoms with Crippen molar-refractivity contribution in [2.75, 3.05) is 6.54 Å². The predicted octanol–water partition coefficient (Wildman–Crippen LogP) is 2.82. The molecule has 0 radical (unpaired) electrons. The summed E-state index contributed by atoms with van der Waals surface area (Å²) < 4.78 is 2.88. The Morgan fingerprint density at radius 3 is 2.32 bits per heavy atom. The molecule has 1 amide bonds. The van der Waals surface area contributed by atoms with Gasteiger partial charge in [0, 0.05) is 23.3 Å². The Morgan fingerprint density at radius 1 is 0.973 bits per heavy atom. The Hall–Kier alpha value is -5.25. The number of carboxylic acid groups (broad SMARTS) is 1. The van der Waals surface area contributed by atoms with Gasteiger partial charge in [-0.25, -0.2) is 9.67 Å². The Morgan fingerprint density at radius 2 is 1.68 bits per heavy atom. The summed E-state index contributed by atoms with van der Waals surface area (Å²) in [5, 5.41) is 26.9. The van der Waals surface area contributed by atoms with Crippen LogP contribution in [0.5, 0.6) is 5.75 Å². The van der Waals surface area contributed by atoms with Gasteiger partial charge in [-0.2, -0.15) is 5.10 Å². The van der Waals surface area contributed by atoms with Crippen molar-refractivity contribution < 1.29 is 19.8 Å². The van der Waals surface area contributed by atoms with E-state index in [9.17, 15) is 19.5 Å². The zero-order valence-electron chi connectivity index (χ0n) is 19.4. The summed E-state index contributed by atoms with van der Waals surface area (Å²) in [6.07, 6.45) is 3.11. The number of fused-ring (bicyclic) bond motifs is 1. The lowest BCUT2D eigenvalue weighted by molar-refractivity contribution is -0.135. The number of aliphatic carboxylic acids is 1. The average Bonchev–Trinajstić information content (AvgIpc) is 3.45. The van der Waals surface area contributed by atoms with E-state index in [4.69, 9.17) is 5.11 Å². The van der Waals surface area contributed by atoms with Gasteiger partial charge in [0.2, 0.25) is 0 Å². The van der Waals surface area contributed by atoms with E-state index in [0.717, 1.165) is 5.56 Å². The highest BCUT2D eigenvalue weighted by atomic mass is 16.4. The summed E-state index contributed by atoms with van der Waals surface area (Å²) >= 11 is 0. The van der Waals surface area contributed by atoms with Crippen molar-refractivity contribution in [1.82, 2.24) is 24.6 Å². The molecule has 2 aromatic carbocycles. The number of hydrogen-bond donors (Lipinski definition) is 3. The monoisotopic (exact) mass is 495 g/mol. The number of carbonyl (C=O) groups is 2. The third-order valence-corrected chi connectivity index (χ3v) is 5.80. The van der Waals surface area contributed by atoms with Gasteiger partial charge in [-0.05, 0) is 23.3 Å². The average molecular weight is 495 g/mol. The van der Waals surface area contributed by atoms with Gasteiger partial charge in [0.25, 0.3) is 11.5 Å². The highest BCUT2D eigenvalue weighted by Gasteiger charge is 2.25. The topological polar surface area (TPSA) is 139 Å². The maximum Gasteiger partial charge on any atom is 0.322 e. The van der Waals surface area contributed by atoms with Crippen molar-refractivity contribution in [3.05, 3.63) is 107 Å². The number of hydrogen-bond acceptors (Lipinski definition) is 6. The molecular formula is C27H21N5O5. The molecule has 0 fully saturated rings. The van der Waals surface area contributed by atoms with Crippen LogP contribution in [-0.4, -0.2) is 48.0 Å². The second-order valence-corrected chi connectivity index (χ2v) is 8.22. The minimum Gasteiger partial charge on any atom is -0.505 e. The first kappa shape index (κ1) is 23.5. The molecule has 0 aliphatic carbocycles. The summed E-state index contributed by atoms with van der Waals surface area (Å²) in [5.41, 5.74) is 1.34. The van der Waals surface area contributed by atoms with E-state index in [1.807, 2.05) is 36.4 Å². The van der Waals surface area contributed by atoms with Gasteiger partial charge in [0.05, 0.1) is 6.54 Å². The number of aromatic hydroxyl groups is 1. The lowest BCUT2D eigenvalue weighted by Crippen LogP contribution is -2.31. The second-order valence-electron chi connectivity index (χ2n) is 8.22. The first-order chi connectivity index (χ1) is 17.9. The Bertz CT molecular complexity index is 1660. The zero-order valence-corrected chi connectivity index (χ0v) is 19.4. The number of carboxylic acids is 1. The molecule has 0 unspecified atom stereocenters. The molecule has 0 saturated heterocycles. The van der Waals surface area contributed by atoms with Crippen molar-refractivity contribution >= 4 is 22.8 Å². The third-order valence-electron chi connectivity index (χ3n) is 5.80. The number of nitrogens with one attached hydrogen (secondary N) is 1. The number of benzene rings is 2. The predicted molar refractivity (Wildman–Crippen MR) is 136 cm³/mol. The molecule has 3 heterocycles. The van der Waals surface area contributed by atoms with Gasteiger partial charge in [0.1, 0.15) is 12.1 Å². The van der Waals surface area contributed by atoms with E-state index in [0.29, 0.717) is 11.1 Å². The van der Waals surface area contributed by atoms with E-state index in [2.05, 4.69) is 15.4 Å². The Kier molecular flexibility index (Phi) is 6.21. The number of amides is 1. The van der Waals surface area contributed by atoms with Crippen LogP contribution in [0.2, 0.25) is 0 Å². The molecule has 184 valence electrons. The van der Waals surface area contributed by atoms with Gasteiger partial charge in [0.15, 0.2) is 17.3 Å². The van der Waals surface area contributed by atoms with Crippen LogP contribution in [0.4, 0.5) is 0 Å². The summed E-state index contributed by atoms with van der Waals surface area (Å²) in [5.74, 6) is -2.47. The van der Waals surface area contributed by atoms with Crippen LogP contribution in [0.1, 0.15) is 16.1 Å². The second kappa shape index (κ2) is 9.78. The number of nitrogens with zero attached hydrogens (tertiary/aromatic N) is 4. The lowest BCUT2D eigenvalue weighted by Gasteiger charge is -2.18. The molecule has 0 aliphatic rings. The first-order valence-corrected chi connectivity index (χ1v) is 11.3. The highest BCUT2D eigenvalue weighted by molar-refractivity contribution is 6.04. The fourth-order valence-corrected chi connectivity index (χ4v) is 4.12. The van der Waals surface area contributed by atoms with E-state index in [1.165, 1.54) is 21.5 Å². The van der Waals surface area contributed by atoms with Crippen molar-refractivity contribution in [3.8, 4) is 22.7 Å². The molecular weight excluding hydrogens is 474 g/mol. The smallest absolute Gasteiger partial charge is 0.322 e. The van der Waals surface area contributed by atoms with Crippen molar-refractivity contribution in [3.63, 3.8) is 0 Å². The van der Waals surface area contributed by atoms with Crippen LogP contribution in [0.3, 0.4) is 0 Å². The zero-order chi connectivity index (χ0) is 25.9. The van der Waals surface area contributed by atoms with E-state index >= 15 is 0 Å². The van der Waals surface area contributed by atoms with Gasteiger partial charge in [-0.15, -0.1) is 0 Å². The minimum absolute atomic E-state index is 0.130. The van der Waals surface area contributed by atoms with Crippen LogP contribution in [-0.2, 0) is 11.3 Å². The molecule has 0 aliphatic heterocycles. The number of rotatable bonds is 7. The fourth-order valence-electron chi connectivity index (χ4n) is 4.12. The van der Waals surface area contributed by atoms with Crippen molar-refractivity contribution in [2.45, 2.75) is 6.54 Å². The van der Waals surface area contributed by atoms with Crippen LogP contribution < -0.4 is 10.9 Å². The molecule has 3 N–H and O–H groups in total. The van der Waals surface area contributed by atoms with Crippen molar-refractivity contribution in [2.24, 2.45) is 0 Å². The first-order valence-electron chi connectivity index (χ1n) is 11.3. The Labute approximate surface area is 210 Å². The highest BCUT2D eigenvalue weighted by Crippen LogP contribution is 2.33. The number of aromatic nitrogens is 4. The third kappa shape index (κ3) is 4.55. The van der Waals surface area contributed by atoms with E-state index in [1.54, 1.807) is 36.5 Å². The molecule has 0 atom stereocenters. The lowest BCUT2D eigenvalue weighted by atomic mass is 10.0. The molecule has 37 heavy (non-hydrogen) atoms. The minimum atomic E-state index is -1.25. The van der Waals surface area contributed by atoms with Crippen LogP contribution in [0.25, 0.3) is 27.8 Å². The normalized spacial score (nSPS) is 10.9. The van der Waals surface area contributed by atoms with Gasteiger partial charge < -0.3 is 15.5 Å². The van der Waals surface area contributed by atoms with Crippen LogP contribution >= 0.6 is 0 Å². The standard InChI is InChI=1S/C27H21N5O5/c33-21(34)15-28-26(36)22-24(35)20-14-19(18-10-5-2-6-11-18)27(37)31(16-17-8-3-1-4-9-17)23(20)25(30-22)32-13-7-12-29-32/h1-14,35H,15-16H2,(H,28,36)(H,33,34). The maximum atomic E-state index is 13.9. The molecule has 10 nitrogen and oxygen atoms in total. The molecule has 0 bridgehead atoms. The Balaban J connectivity index is 1.86. The largest absolute Gasteiger partial charge is 0.505 e. The summed E-state index contributed by atoms with van der Waals surface area (Å²) in [4.78, 5) is 42.1.